The predicted molar refractivity (Wildman–Crippen MR) is 192 cm³/mol. The van der Waals surface area contributed by atoms with Crippen molar-refractivity contribution < 1.29 is 0 Å². The van der Waals surface area contributed by atoms with Crippen molar-refractivity contribution in [3.63, 3.8) is 0 Å². The smallest absolute Gasteiger partial charge is 0.169 e. The van der Waals surface area contributed by atoms with Crippen LogP contribution in [0.2, 0.25) is 0 Å². The van der Waals surface area contributed by atoms with E-state index in [1.54, 1.807) is 0 Å². The molecule has 0 saturated carbocycles. The van der Waals surface area contributed by atoms with E-state index in [2.05, 4.69) is 121 Å². The van der Waals surface area contributed by atoms with Crippen LogP contribution in [-0.2, 0) is 0 Å². The molecule has 0 atom stereocenters. The number of aliphatic imine (C=N–C) groups is 2. The zero-order valence-corrected chi connectivity index (χ0v) is 25.1. The normalized spacial score (nSPS) is 13.7. The van der Waals surface area contributed by atoms with E-state index >= 15 is 0 Å². The van der Waals surface area contributed by atoms with Gasteiger partial charge in [0.05, 0.1) is 0 Å². The Balaban J connectivity index is 1.17. The fraction of sp³-hybridized carbons (Fsp3) is 0.0244. The molecule has 212 valence electrons. The molecular formula is C41H27N3S. The van der Waals surface area contributed by atoms with Crippen LogP contribution in [0.1, 0.15) is 22.9 Å². The first-order valence-corrected chi connectivity index (χ1v) is 16.0. The fourth-order valence-corrected chi connectivity index (χ4v) is 7.84. The van der Waals surface area contributed by atoms with E-state index < -0.39 is 0 Å². The molecule has 1 aliphatic heterocycles. The third kappa shape index (κ3) is 4.42. The molecule has 8 aromatic rings. The molecule has 0 amide bonds. The Labute approximate surface area is 264 Å². The van der Waals surface area contributed by atoms with Crippen molar-refractivity contribution >= 4 is 64.7 Å². The van der Waals surface area contributed by atoms with Crippen molar-refractivity contribution in [2.45, 2.75) is 6.17 Å². The van der Waals surface area contributed by atoms with Crippen LogP contribution in [0, 0.1) is 0 Å². The SMILES string of the molecule is c1ccc(C2=NC(c3cccc(-c4ccc5c(c4)sc4c6ccccc6c6ccccc6c54)c3)N=C(c3ccccc3)N2)cc1. The van der Waals surface area contributed by atoms with Gasteiger partial charge < -0.3 is 5.32 Å². The molecule has 2 heterocycles. The summed E-state index contributed by atoms with van der Waals surface area (Å²) in [4.78, 5) is 10.2. The largest absolute Gasteiger partial charge is 0.324 e. The summed E-state index contributed by atoms with van der Waals surface area (Å²) < 4.78 is 2.65. The lowest BCUT2D eigenvalue weighted by Gasteiger charge is -2.22. The molecule has 0 saturated heterocycles. The maximum Gasteiger partial charge on any atom is 0.169 e. The van der Waals surface area contributed by atoms with Crippen LogP contribution in [0.25, 0.3) is 52.8 Å². The number of amidine groups is 2. The van der Waals surface area contributed by atoms with Gasteiger partial charge in [-0.05, 0) is 45.0 Å². The second kappa shape index (κ2) is 10.5. The van der Waals surface area contributed by atoms with Gasteiger partial charge in [0.25, 0.3) is 0 Å². The van der Waals surface area contributed by atoms with Gasteiger partial charge in [-0.1, -0.05) is 140 Å². The number of nitrogens with one attached hydrogen (secondary N) is 1. The Kier molecular flexibility index (Phi) is 6.06. The predicted octanol–water partition coefficient (Wildman–Crippen LogP) is 10.5. The average molecular weight is 594 g/mol. The first-order chi connectivity index (χ1) is 22.3. The number of benzene rings is 7. The van der Waals surface area contributed by atoms with Crippen LogP contribution in [-0.4, -0.2) is 11.7 Å². The number of hydrogen-bond donors (Lipinski definition) is 1. The quantitative estimate of drug-likeness (QED) is 0.203. The first kappa shape index (κ1) is 25.9. The van der Waals surface area contributed by atoms with Gasteiger partial charge in [-0.25, -0.2) is 9.98 Å². The molecule has 0 radical (unpaired) electrons. The highest BCUT2D eigenvalue weighted by Gasteiger charge is 2.21. The van der Waals surface area contributed by atoms with Crippen molar-refractivity contribution in [2.24, 2.45) is 9.98 Å². The summed E-state index contributed by atoms with van der Waals surface area (Å²) in [5.41, 5.74) is 5.49. The molecule has 7 aromatic carbocycles. The van der Waals surface area contributed by atoms with Gasteiger partial charge in [-0.15, -0.1) is 11.3 Å². The number of nitrogens with zero attached hydrogens (tertiary/aromatic N) is 2. The van der Waals surface area contributed by atoms with Crippen molar-refractivity contribution in [1.29, 1.82) is 0 Å². The molecule has 4 heteroatoms. The molecule has 9 rings (SSSR count). The maximum atomic E-state index is 5.09. The molecular weight excluding hydrogens is 567 g/mol. The second-order valence-corrected chi connectivity index (χ2v) is 12.5. The van der Waals surface area contributed by atoms with Gasteiger partial charge in [-0.2, -0.15) is 0 Å². The standard InChI is InChI=1S/C41H27N3S/c1-3-12-26(13-4-1)39-42-40(27-14-5-2-6-15-27)44-41(43-39)30-17-11-16-28(24-30)29-22-23-35-36(25-29)45-38-34-21-10-8-19-32(34)31-18-7-9-20-33(31)37(35)38/h1-25,41H,(H,42,43,44). The molecule has 1 aliphatic rings. The zero-order chi connectivity index (χ0) is 29.7. The summed E-state index contributed by atoms with van der Waals surface area (Å²) in [6.07, 6.45) is -0.359. The van der Waals surface area contributed by atoms with Crippen LogP contribution < -0.4 is 5.32 Å². The summed E-state index contributed by atoms with van der Waals surface area (Å²) in [6.45, 7) is 0. The Morgan fingerprint density at radius 1 is 0.444 bits per heavy atom. The average Bonchev–Trinajstić information content (AvgIpc) is 3.52. The lowest BCUT2D eigenvalue weighted by atomic mass is 9.96. The maximum absolute atomic E-state index is 5.09. The summed E-state index contributed by atoms with van der Waals surface area (Å²) >= 11 is 1.89. The molecule has 0 bridgehead atoms. The van der Waals surface area contributed by atoms with E-state index in [1.165, 1.54) is 47.3 Å². The topological polar surface area (TPSA) is 36.8 Å². The fourth-order valence-electron chi connectivity index (χ4n) is 6.55. The Bertz CT molecular complexity index is 2400. The van der Waals surface area contributed by atoms with E-state index in [4.69, 9.17) is 9.98 Å². The molecule has 45 heavy (non-hydrogen) atoms. The minimum Gasteiger partial charge on any atom is -0.324 e. The zero-order valence-electron chi connectivity index (χ0n) is 24.3. The highest BCUT2D eigenvalue weighted by Crippen LogP contribution is 2.44. The minimum atomic E-state index is -0.359. The third-order valence-electron chi connectivity index (χ3n) is 8.70. The van der Waals surface area contributed by atoms with Gasteiger partial charge in [-0.3, -0.25) is 0 Å². The summed E-state index contributed by atoms with van der Waals surface area (Å²) in [6, 6.07) is 53.8. The number of fused-ring (bicyclic) bond motifs is 8. The molecule has 1 aromatic heterocycles. The van der Waals surface area contributed by atoms with Gasteiger partial charge >= 0.3 is 0 Å². The van der Waals surface area contributed by atoms with Gasteiger partial charge in [0.15, 0.2) is 6.17 Å². The second-order valence-electron chi connectivity index (χ2n) is 11.4. The van der Waals surface area contributed by atoms with Crippen LogP contribution >= 0.6 is 11.3 Å². The van der Waals surface area contributed by atoms with Crippen LogP contribution in [0.4, 0.5) is 0 Å². The molecule has 0 aliphatic carbocycles. The summed E-state index contributed by atoms with van der Waals surface area (Å²) in [7, 11) is 0. The van der Waals surface area contributed by atoms with Gasteiger partial charge in [0.1, 0.15) is 11.7 Å². The van der Waals surface area contributed by atoms with E-state index in [-0.39, 0.29) is 6.17 Å². The van der Waals surface area contributed by atoms with E-state index in [9.17, 15) is 0 Å². The van der Waals surface area contributed by atoms with E-state index in [0.717, 1.165) is 33.9 Å². The first-order valence-electron chi connectivity index (χ1n) is 15.2. The molecule has 0 unspecified atom stereocenters. The number of hydrogen-bond acceptors (Lipinski definition) is 4. The van der Waals surface area contributed by atoms with Crippen molar-refractivity contribution in [3.05, 3.63) is 168 Å². The highest BCUT2D eigenvalue weighted by atomic mass is 32.1. The highest BCUT2D eigenvalue weighted by molar-refractivity contribution is 7.27. The summed E-state index contributed by atoms with van der Waals surface area (Å²) in [5.74, 6) is 1.65. The third-order valence-corrected chi connectivity index (χ3v) is 9.89. The number of rotatable bonds is 4. The van der Waals surface area contributed by atoms with E-state index in [1.807, 2.05) is 47.7 Å². The van der Waals surface area contributed by atoms with Crippen LogP contribution in [0.15, 0.2) is 162 Å². The Morgan fingerprint density at radius 2 is 1.00 bits per heavy atom. The lowest BCUT2D eigenvalue weighted by molar-refractivity contribution is 0.756. The Morgan fingerprint density at radius 3 is 1.69 bits per heavy atom. The lowest BCUT2D eigenvalue weighted by Crippen LogP contribution is -2.35. The minimum absolute atomic E-state index is 0.359. The molecule has 0 spiro atoms. The van der Waals surface area contributed by atoms with Crippen molar-refractivity contribution in [2.75, 3.05) is 0 Å². The number of thiophene rings is 1. The van der Waals surface area contributed by atoms with Gasteiger partial charge in [0.2, 0.25) is 0 Å². The van der Waals surface area contributed by atoms with E-state index in [0.29, 0.717) is 0 Å². The molecule has 3 nitrogen and oxygen atoms in total. The monoisotopic (exact) mass is 593 g/mol. The van der Waals surface area contributed by atoms with Crippen LogP contribution in [0.5, 0.6) is 0 Å². The summed E-state index contributed by atoms with van der Waals surface area (Å²) in [5, 5.41) is 11.4. The molecule has 0 fully saturated rings. The van der Waals surface area contributed by atoms with Crippen LogP contribution in [0.3, 0.4) is 0 Å². The Hall–Kier alpha value is -5.58. The van der Waals surface area contributed by atoms with Crippen molar-refractivity contribution in [3.8, 4) is 11.1 Å². The van der Waals surface area contributed by atoms with Crippen molar-refractivity contribution in [1.82, 2.24) is 5.32 Å². The molecule has 1 N–H and O–H groups in total. The van der Waals surface area contributed by atoms with Gasteiger partial charge in [0, 0.05) is 36.7 Å².